The van der Waals surface area contributed by atoms with Crippen LogP contribution in [0.2, 0.25) is 5.02 Å². The minimum absolute atomic E-state index is 0.0210. The topological polar surface area (TPSA) is 78.4 Å². The number of aliphatic hydroxyl groups is 1. The molecular weight excluding hydrogens is 393 g/mol. The lowest BCUT2D eigenvalue weighted by Gasteiger charge is -2.45. The molecule has 0 aliphatic carbocycles. The average Bonchev–Trinajstić information content (AvgIpc) is 3.07. The first-order chi connectivity index (χ1) is 12.1. The molecule has 5 nitrogen and oxygen atoms in total. The molecule has 0 radical (unpaired) electrons. The van der Waals surface area contributed by atoms with Crippen molar-refractivity contribution in [3.05, 3.63) is 57.2 Å². The van der Waals surface area contributed by atoms with Crippen LogP contribution in [0, 0.1) is 5.92 Å². The number of alkyl halides is 3. The Morgan fingerprint density at radius 3 is 2.50 bits per heavy atom. The number of rotatable bonds is 3. The highest BCUT2D eigenvalue weighted by atomic mass is 35.5. The summed E-state index contributed by atoms with van der Waals surface area (Å²) in [5.41, 5.74) is -3.65. The Labute approximate surface area is 154 Å². The maximum absolute atomic E-state index is 13.7. The lowest BCUT2D eigenvalue weighted by Crippen LogP contribution is -2.72. The average molecular weight is 405 g/mol. The Kier molecular flexibility index (Phi) is 4.72. The number of benzene rings is 1. The number of ketones is 1. The predicted molar refractivity (Wildman–Crippen MR) is 89.0 cm³/mol. The van der Waals surface area contributed by atoms with Crippen LogP contribution in [0.15, 0.2) is 41.8 Å². The lowest BCUT2D eigenvalue weighted by molar-refractivity contribution is -0.287. The number of urea groups is 1. The van der Waals surface area contributed by atoms with Crippen molar-refractivity contribution >= 4 is 34.8 Å². The highest BCUT2D eigenvalue weighted by molar-refractivity contribution is 7.12. The van der Waals surface area contributed by atoms with E-state index >= 15 is 0 Å². The number of thiophene rings is 1. The number of amides is 2. The Bertz CT molecular complexity index is 844. The molecule has 2 heterocycles. The van der Waals surface area contributed by atoms with Gasteiger partial charge in [-0.05, 0) is 23.1 Å². The van der Waals surface area contributed by atoms with E-state index in [2.05, 4.69) is 5.32 Å². The molecule has 3 N–H and O–H groups in total. The molecule has 138 valence electrons. The van der Waals surface area contributed by atoms with E-state index in [1.54, 1.807) is 6.07 Å². The van der Waals surface area contributed by atoms with Crippen LogP contribution in [-0.4, -0.2) is 28.8 Å². The number of hydrogen-bond donors (Lipinski definition) is 3. The molecule has 1 aliphatic rings. The summed E-state index contributed by atoms with van der Waals surface area (Å²) >= 11 is 7.00. The van der Waals surface area contributed by atoms with Gasteiger partial charge < -0.3 is 15.7 Å². The maximum Gasteiger partial charge on any atom is 0.437 e. The Morgan fingerprint density at radius 1 is 1.23 bits per heavy atom. The Morgan fingerprint density at radius 2 is 1.92 bits per heavy atom. The van der Waals surface area contributed by atoms with Gasteiger partial charge in [-0.3, -0.25) is 4.79 Å². The van der Waals surface area contributed by atoms with Crippen LogP contribution < -0.4 is 10.6 Å². The van der Waals surface area contributed by atoms with Crippen molar-refractivity contribution in [2.45, 2.75) is 17.9 Å². The zero-order valence-electron chi connectivity index (χ0n) is 12.9. The van der Waals surface area contributed by atoms with Crippen molar-refractivity contribution in [3.8, 4) is 0 Å². The van der Waals surface area contributed by atoms with Crippen molar-refractivity contribution in [2.75, 3.05) is 0 Å². The predicted octanol–water partition coefficient (Wildman–Crippen LogP) is 3.51. The van der Waals surface area contributed by atoms with Crippen LogP contribution in [0.25, 0.3) is 0 Å². The zero-order valence-corrected chi connectivity index (χ0v) is 14.5. The molecule has 2 aromatic rings. The van der Waals surface area contributed by atoms with Crippen LogP contribution in [0.1, 0.15) is 21.3 Å². The second kappa shape index (κ2) is 6.57. The summed E-state index contributed by atoms with van der Waals surface area (Å²) in [6.07, 6.45) is -5.29. The Balaban J connectivity index is 2.18. The molecule has 1 saturated heterocycles. The summed E-state index contributed by atoms with van der Waals surface area (Å²) in [7, 11) is 0. The van der Waals surface area contributed by atoms with Gasteiger partial charge in [0, 0.05) is 5.02 Å². The number of nitrogens with one attached hydrogen (secondary N) is 2. The van der Waals surface area contributed by atoms with Crippen LogP contribution in [-0.2, 0) is 0 Å². The van der Waals surface area contributed by atoms with Crippen molar-refractivity contribution in [1.82, 2.24) is 10.6 Å². The normalized spacial score (nSPS) is 26.1. The molecule has 3 rings (SSSR count). The SMILES string of the molecule is O=C1N[C@H](c2ccccc2Cl)[C@@H](C(=O)c2cccs2)[C@@](O)(C(F)(F)F)N1. The third-order valence-corrected chi connectivity index (χ3v) is 5.32. The highest BCUT2D eigenvalue weighted by Crippen LogP contribution is 2.45. The van der Waals surface area contributed by atoms with Crippen LogP contribution in [0.3, 0.4) is 0 Å². The first-order valence-corrected chi connectivity index (χ1v) is 8.61. The van der Waals surface area contributed by atoms with E-state index in [9.17, 15) is 27.9 Å². The van der Waals surface area contributed by atoms with Gasteiger partial charge in [0.2, 0.25) is 5.72 Å². The van der Waals surface area contributed by atoms with Gasteiger partial charge in [0.05, 0.1) is 10.9 Å². The summed E-state index contributed by atoms with van der Waals surface area (Å²) in [6, 6.07) is 6.00. The van der Waals surface area contributed by atoms with Gasteiger partial charge in [0.15, 0.2) is 5.78 Å². The quantitative estimate of drug-likeness (QED) is 0.685. The molecular formula is C16H12ClF3N2O3S. The van der Waals surface area contributed by atoms with Crippen molar-refractivity contribution in [2.24, 2.45) is 5.92 Å². The fourth-order valence-corrected chi connectivity index (χ4v) is 3.85. The van der Waals surface area contributed by atoms with Crippen LogP contribution in [0.5, 0.6) is 0 Å². The summed E-state index contributed by atoms with van der Waals surface area (Å²) in [4.78, 5) is 24.7. The molecule has 3 atom stereocenters. The largest absolute Gasteiger partial charge is 0.437 e. The van der Waals surface area contributed by atoms with Gasteiger partial charge in [0.1, 0.15) is 5.92 Å². The third-order valence-electron chi connectivity index (χ3n) is 4.09. The summed E-state index contributed by atoms with van der Waals surface area (Å²) < 4.78 is 41.0. The summed E-state index contributed by atoms with van der Waals surface area (Å²) in [5.74, 6) is -3.03. The molecule has 0 bridgehead atoms. The first-order valence-electron chi connectivity index (χ1n) is 7.35. The summed E-state index contributed by atoms with van der Waals surface area (Å²) in [6.45, 7) is 0. The molecule has 1 aromatic heterocycles. The molecule has 26 heavy (non-hydrogen) atoms. The molecule has 0 spiro atoms. The minimum atomic E-state index is -5.29. The number of carbonyl (C=O) groups is 2. The maximum atomic E-state index is 13.7. The van der Waals surface area contributed by atoms with E-state index < -0.39 is 35.7 Å². The zero-order chi connectivity index (χ0) is 19.1. The van der Waals surface area contributed by atoms with Gasteiger partial charge in [-0.25, -0.2) is 4.79 Å². The van der Waals surface area contributed by atoms with E-state index in [4.69, 9.17) is 11.6 Å². The molecule has 10 heteroatoms. The van der Waals surface area contributed by atoms with Gasteiger partial charge >= 0.3 is 12.2 Å². The fraction of sp³-hybridized carbons (Fsp3) is 0.250. The summed E-state index contributed by atoms with van der Waals surface area (Å²) in [5, 5.41) is 15.7. The fourth-order valence-electron chi connectivity index (χ4n) is 2.90. The van der Waals surface area contributed by atoms with Gasteiger partial charge in [0.25, 0.3) is 0 Å². The molecule has 1 fully saturated rings. The van der Waals surface area contributed by atoms with Crippen LogP contribution >= 0.6 is 22.9 Å². The molecule has 0 unspecified atom stereocenters. The lowest BCUT2D eigenvalue weighted by atomic mass is 9.78. The monoisotopic (exact) mass is 404 g/mol. The second-order valence-electron chi connectivity index (χ2n) is 5.68. The number of hydrogen-bond acceptors (Lipinski definition) is 4. The number of halogens is 4. The highest BCUT2D eigenvalue weighted by Gasteiger charge is 2.66. The van der Waals surface area contributed by atoms with Crippen LogP contribution in [0.4, 0.5) is 18.0 Å². The second-order valence-corrected chi connectivity index (χ2v) is 7.04. The van der Waals surface area contributed by atoms with E-state index in [1.807, 2.05) is 0 Å². The first kappa shape index (κ1) is 18.7. The van der Waals surface area contributed by atoms with Crippen molar-refractivity contribution < 1.29 is 27.9 Å². The Hall–Kier alpha value is -2.10. The molecule has 2 amide bonds. The standard InChI is InChI=1S/C16H12ClF3N2O3S/c17-9-5-2-1-4-8(9)12-11(13(23)10-6-3-7-26-10)15(25,16(18,19)20)22-14(24)21-12/h1-7,11-12,25H,(H2,21,22,24)/t11-,12+,15+/m0/s1. The molecule has 1 aliphatic heterocycles. The molecule has 0 saturated carbocycles. The van der Waals surface area contributed by atoms with E-state index in [1.165, 1.54) is 41.0 Å². The van der Waals surface area contributed by atoms with E-state index in [0.717, 1.165) is 11.3 Å². The third kappa shape index (κ3) is 3.06. The molecule has 1 aromatic carbocycles. The number of Topliss-reactive ketones (excluding diaryl/α,β-unsaturated/α-hetero) is 1. The van der Waals surface area contributed by atoms with Gasteiger partial charge in [-0.1, -0.05) is 35.9 Å². The minimum Gasteiger partial charge on any atom is -0.363 e. The van der Waals surface area contributed by atoms with E-state index in [-0.39, 0.29) is 15.5 Å². The number of carbonyl (C=O) groups excluding carboxylic acids is 2. The van der Waals surface area contributed by atoms with Crippen molar-refractivity contribution in [3.63, 3.8) is 0 Å². The van der Waals surface area contributed by atoms with Gasteiger partial charge in [-0.15, -0.1) is 11.3 Å². The van der Waals surface area contributed by atoms with Crippen molar-refractivity contribution in [1.29, 1.82) is 0 Å². The smallest absolute Gasteiger partial charge is 0.363 e. The van der Waals surface area contributed by atoms with E-state index in [0.29, 0.717) is 0 Å². The van der Waals surface area contributed by atoms with Gasteiger partial charge in [-0.2, -0.15) is 13.2 Å².